The zero-order chi connectivity index (χ0) is 18.0. The number of rotatable bonds is 5. The summed E-state index contributed by atoms with van der Waals surface area (Å²) in [5.41, 5.74) is -1.02. The summed E-state index contributed by atoms with van der Waals surface area (Å²) in [7, 11) is -4.10. The number of nitrogens with zero attached hydrogens (tertiary/aromatic N) is 1. The molecule has 1 aromatic rings. The van der Waals surface area contributed by atoms with E-state index in [1.807, 2.05) is 6.92 Å². The molecule has 2 rings (SSSR count). The van der Waals surface area contributed by atoms with Gasteiger partial charge < -0.3 is 5.32 Å². The van der Waals surface area contributed by atoms with Crippen LogP contribution in [0.3, 0.4) is 0 Å². The second-order valence-electron chi connectivity index (χ2n) is 5.74. The highest BCUT2D eigenvalue weighted by Crippen LogP contribution is 2.35. The van der Waals surface area contributed by atoms with E-state index >= 15 is 0 Å². The number of nitrogens with one attached hydrogen (secondary N) is 1. The Hall–Kier alpha value is -0.830. The SMILES string of the molecule is CCCN(C1CCNCC1)S(=O)(=O)c1cc(C(F)(F)F)ccc1Cl. The van der Waals surface area contributed by atoms with Gasteiger partial charge in [-0.25, -0.2) is 8.42 Å². The van der Waals surface area contributed by atoms with Gasteiger partial charge in [0, 0.05) is 12.6 Å². The molecule has 0 aliphatic carbocycles. The molecule has 1 heterocycles. The third-order valence-electron chi connectivity index (χ3n) is 4.01. The van der Waals surface area contributed by atoms with Gasteiger partial charge in [-0.05, 0) is 50.6 Å². The fraction of sp³-hybridized carbons (Fsp3) is 0.600. The van der Waals surface area contributed by atoms with Gasteiger partial charge in [-0.2, -0.15) is 17.5 Å². The van der Waals surface area contributed by atoms with Crippen molar-refractivity contribution in [3.8, 4) is 0 Å². The predicted molar refractivity (Wildman–Crippen MR) is 86.5 cm³/mol. The van der Waals surface area contributed by atoms with Gasteiger partial charge >= 0.3 is 6.18 Å². The van der Waals surface area contributed by atoms with E-state index in [1.54, 1.807) is 0 Å². The number of alkyl halides is 3. The molecule has 1 aliphatic rings. The van der Waals surface area contributed by atoms with Gasteiger partial charge in [0.25, 0.3) is 0 Å². The van der Waals surface area contributed by atoms with Crippen molar-refractivity contribution in [2.75, 3.05) is 19.6 Å². The third-order valence-corrected chi connectivity index (χ3v) is 6.44. The summed E-state index contributed by atoms with van der Waals surface area (Å²) >= 11 is 5.93. The zero-order valence-electron chi connectivity index (χ0n) is 13.2. The largest absolute Gasteiger partial charge is 0.416 e. The minimum absolute atomic E-state index is 0.196. The molecule has 0 bridgehead atoms. The van der Waals surface area contributed by atoms with Gasteiger partial charge in [0.05, 0.1) is 10.6 Å². The first kappa shape index (κ1) is 19.5. The number of hydrogen-bond donors (Lipinski definition) is 1. The molecule has 0 atom stereocenters. The molecule has 1 saturated heterocycles. The summed E-state index contributed by atoms with van der Waals surface area (Å²) < 4.78 is 66.0. The van der Waals surface area contributed by atoms with Gasteiger partial charge in [0.1, 0.15) is 4.90 Å². The van der Waals surface area contributed by atoms with Gasteiger partial charge in [0.2, 0.25) is 10.0 Å². The molecule has 0 aromatic heterocycles. The fourth-order valence-corrected chi connectivity index (χ4v) is 5.10. The number of halogens is 4. The average molecular weight is 385 g/mol. The van der Waals surface area contributed by atoms with Crippen LogP contribution in [0.2, 0.25) is 5.02 Å². The van der Waals surface area contributed by atoms with E-state index in [1.165, 1.54) is 4.31 Å². The lowest BCUT2D eigenvalue weighted by Crippen LogP contribution is -2.46. The van der Waals surface area contributed by atoms with E-state index in [-0.39, 0.29) is 17.6 Å². The molecule has 1 N–H and O–H groups in total. The van der Waals surface area contributed by atoms with Crippen LogP contribution in [0, 0.1) is 0 Å². The summed E-state index contributed by atoms with van der Waals surface area (Å²) in [4.78, 5) is -0.481. The van der Waals surface area contributed by atoms with E-state index in [9.17, 15) is 21.6 Å². The number of piperidine rings is 1. The van der Waals surface area contributed by atoms with E-state index in [4.69, 9.17) is 11.6 Å². The average Bonchev–Trinajstić information content (AvgIpc) is 2.52. The third kappa shape index (κ3) is 4.22. The van der Waals surface area contributed by atoms with E-state index in [2.05, 4.69) is 5.32 Å². The van der Waals surface area contributed by atoms with Crippen LogP contribution in [0.25, 0.3) is 0 Å². The Morgan fingerprint density at radius 2 is 1.92 bits per heavy atom. The summed E-state index contributed by atoms with van der Waals surface area (Å²) in [6, 6.07) is 2.17. The maximum Gasteiger partial charge on any atom is 0.416 e. The smallest absolute Gasteiger partial charge is 0.317 e. The molecule has 24 heavy (non-hydrogen) atoms. The number of hydrogen-bond acceptors (Lipinski definition) is 3. The van der Waals surface area contributed by atoms with Crippen LogP contribution in [0.5, 0.6) is 0 Å². The van der Waals surface area contributed by atoms with Crippen LogP contribution < -0.4 is 5.32 Å². The van der Waals surface area contributed by atoms with Crippen LogP contribution in [0.15, 0.2) is 23.1 Å². The van der Waals surface area contributed by atoms with Crippen molar-refractivity contribution >= 4 is 21.6 Å². The van der Waals surface area contributed by atoms with Crippen LogP contribution in [0.4, 0.5) is 13.2 Å². The van der Waals surface area contributed by atoms with Crippen LogP contribution >= 0.6 is 11.6 Å². The Bertz CT molecular complexity index is 674. The summed E-state index contributed by atoms with van der Waals surface area (Å²) in [5, 5.41) is 2.95. The van der Waals surface area contributed by atoms with Gasteiger partial charge in [-0.15, -0.1) is 0 Å². The Balaban J connectivity index is 2.46. The maximum absolute atomic E-state index is 13.0. The van der Waals surface area contributed by atoms with E-state index in [0.717, 1.165) is 12.1 Å². The Morgan fingerprint density at radius 1 is 1.29 bits per heavy atom. The van der Waals surface area contributed by atoms with Crippen molar-refractivity contribution in [2.24, 2.45) is 0 Å². The normalized spacial score (nSPS) is 17.4. The van der Waals surface area contributed by atoms with Crippen LogP contribution in [0.1, 0.15) is 31.7 Å². The second kappa shape index (κ2) is 7.59. The number of benzene rings is 1. The van der Waals surface area contributed by atoms with Gasteiger partial charge in [0.15, 0.2) is 0 Å². The Kier molecular flexibility index (Phi) is 6.17. The summed E-state index contributed by atoms with van der Waals surface area (Å²) in [6.07, 6.45) is -2.81. The Labute approximate surface area is 145 Å². The van der Waals surface area contributed by atoms with Crippen molar-refractivity contribution in [3.05, 3.63) is 28.8 Å². The number of sulfonamides is 1. The monoisotopic (exact) mass is 384 g/mol. The minimum atomic E-state index is -4.63. The maximum atomic E-state index is 13.0. The molecular weight excluding hydrogens is 365 g/mol. The van der Waals surface area contributed by atoms with Crippen molar-refractivity contribution in [1.82, 2.24) is 9.62 Å². The first-order valence-corrected chi connectivity index (χ1v) is 9.59. The fourth-order valence-electron chi connectivity index (χ4n) is 2.82. The molecule has 4 nitrogen and oxygen atoms in total. The van der Waals surface area contributed by atoms with Crippen LogP contribution in [-0.4, -0.2) is 38.4 Å². The highest BCUT2D eigenvalue weighted by molar-refractivity contribution is 7.89. The molecule has 136 valence electrons. The van der Waals surface area contributed by atoms with Gasteiger partial charge in [-0.1, -0.05) is 18.5 Å². The highest BCUT2D eigenvalue weighted by Gasteiger charge is 2.36. The van der Waals surface area contributed by atoms with Crippen LogP contribution in [-0.2, 0) is 16.2 Å². The molecule has 0 unspecified atom stereocenters. The van der Waals surface area contributed by atoms with Gasteiger partial charge in [-0.3, -0.25) is 0 Å². The topological polar surface area (TPSA) is 49.4 Å². The first-order valence-electron chi connectivity index (χ1n) is 7.77. The molecule has 9 heteroatoms. The Morgan fingerprint density at radius 3 is 2.46 bits per heavy atom. The molecule has 1 fully saturated rings. The van der Waals surface area contributed by atoms with E-state index in [0.29, 0.717) is 38.4 Å². The van der Waals surface area contributed by atoms with Crippen molar-refractivity contribution in [1.29, 1.82) is 0 Å². The van der Waals surface area contributed by atoms with Crippen molar-refractivity contribution < 1.29 is 21.6 Å². The lowest BCUT2D eigenvalue weighted by molar-refractivity contribution is -0.137. The lowest BCUT2D eigenvalue weighted by atomic mass is 10.1. The molecule has 0 amide bonds. The molecular formula is C15H20ClF3N2O2S. The molecule has 1 aliphatic heterocycles. The van der Waals surface area contributed by atoms with E-state index < -0.39 is 26.7 Å². The summed E-state index contributed by atoms with van der Waals surface area (Å²) in [6.45, 7) is 3.43. The van der Waals surface area contributed by atoms with Crippen molar-refractivity contribution in [2.45, 2.75) is 43.3 Å². The lowest BCUT2D eigenvalue weighted by Gasteiger charge is -2.33. The second-order valence-corrected chi connectivity index (χ2v) is 8.01. The molecule has 0 saturated carbocycles. The molecule has 1 aromatic carbocycles. The highest BCUT2D eigenvalue weighted by atomic mass is 35.5. The quantitative estimate of drug-likeness (QED) is 0.845. The first-order chi connectivity index (χ1) is 11.2. The molecule has 0 radical (unpaired) electrons. The zero-order valence-corrected chi connectivity index (χ0v) is 14.8. The predicted octanol–water partition coefficient (Wildman–Crippen LogP) is 3.51. The van der Waals surface area contributed by atoms with Crippen molar-refractivity contribution in [3.63, 3.8) is 0 Å². The minimum Gasteiger partial charge on any atom is -0.317 e. The standard InChI is InChI=1S/C15H20ClF3N2O2S/c1-2-9-21(12-5-7-20-8-6-12)24(22,23)14-10-11(15(17,18)19)3-4-13(14)16/h3-4,10,12,20H,2,5-9H2,1H3. The molecule has 0 spiro atoms. The summed E-state index contributed by atoms with van der Waals surface area (Å²) in [5.74, 6) is 0.